The van der Waals surface area contributed by atoms with Gasteiger partial charge in [-0.3, -0.25) is 0 Å². The third kappa shape index (κ3) is 4.73. The number of carbonyl (C=O) groups is 1. The normalized spacial score (nSPS) is 14.2. The molecule has 0 unspecified atom stereocenters. The number of esters is 1. The van der Waals surface area contributed by atoms with E-state index >= 15 is 0 Å². The third-order valence-electron chi connectivity index (χ3n) is 6.07. The van der Waals surface area contributed by atoms with E-state index in [4.69, 9.17) is 20.4 Å². The molecule has 3 aromatic rings. The van der Waals surface area contributed by atoms with Crippen LogP contribution >= 0.6 is 0 Å². The number of para-hydroxylation sites is 2. The zero-order valence-corrected chi connectivity index (χ0v) is 18.4. The number of ether oxygens (including phenoxy) is 1. The highest BCUT2D eigenvalue weighted by Gasteiger charge is 2.25. The first-order valence-corrected chi connectivity index (χ1v) is 11.6. The number of carbonyl (C=O) groups excluding carboxylic acids is 1. The van der Waals surface area contributed by atoms with Crippen molar-refractivity contribution in [1.29, 1.82) is 0 Å². The van der Waals surface area contributed by atoms with Gasteiger partial charge in [-0.15, -0.1) is 0 Å². The number of hydrogen-bond donors (Lipinski definition) is 1. The standard InChI is InChI=1S/C25H32N4O2/c1-2-3-4-10-17-31-25(30)21-22-24(28-20-14-9-8-13-19(20)27-22)29(23(21)26)16-15-18-11-6-5-7-12-18/h8-9,11,13-14H,2-7,10,12,15-17,26H2,1H3. The van der Waals surface area contributed by atoms with Crippen LogP contribution in [0, 0.1) is 0 Å². The smallest absolute Gasteiger partial charge is 0.344 e. The lowest BCUT2D eigenvalue weighted by Crippen LogP contribution is -2.11. The monoisotopic (exact) mass is 420 g/mol. The van der Waals surface area contributed by atoms with Gasteiger partial charge >= 0.3 is 5.97 Å². The Labute approximate surface area is 183 Å². The molecule has 2 heterocycles. The predicted molar refractivity (Wildman–Crippen MR) is 125 cm³/mol. The number of rotatable bonds is 9. The van der Waals surface area contributed by atoms with E-state index in [1.165, 1.54) is 18.4 Å². The van der Waals surface area contributed by atoms with Crippen LogP contribution in [0.15, 0.2) is 35.9 Å². The Morgan fingerprint density at radius 3 is 2.68 bits per heavy atom. The van der Waals surface area contributed by atoms with Crippen LogP contribution in [0.5, 0.6) is 0 Å². The van der Waals surface area contributed by atoms with Gasteiger partial charge in [0.1, 0.15) is 16.9 Å². The topological polar surface area (TPSA) is 83.0 Å². The summed E-state index contributed by atoms with van der Waals surface area (Å²) in [5, 5.41) is 0. The van der Waals surface area contributed by atoms with E-state index in [1.54, 1.807) is 0 Å². The largest absolute Gasteiger partial charge is 0.462 e. The molecule has 1 aliphatic carbocycles. The van der Waals surface area contributed by atoms with Crippen LogP contribution in [-0.4, -0.2) is 27.1 Å². The maximum absolute atomic E-state index is 13.0. The van der Waals surface area contributed by atoms with E-state index in [0.717, 1.165) is 56.0 Å². The fourth-order valence-corrected chi connectivity index (χ4v) is 4.30. The molecular weight excluding hydrogens is 388 g/mol. The molecule has 6 nitrogen and oxygen atoms in total. The van der Waals surface area contributed by atoms with Gasteiger partial charge in [-0.25, -0.2) is 14.8 Å². The van der Waals surface area contributed by atoms with Crippen LogP contribution < -0.4 is 5.73 Å². The molecule has 0 saturated carbocycles. The summed E-state index contributed by atoms with van der Waals surface area (Å²) in [4.78, 5) is 22.5. The van der Waals surface area contributed by atoms with Gasteiger partial charge in [0.25, 0.3) is 0 Å². The molecule has 0 aliphatic heterocycles. The number of allylic oxidation sites excluding steroid dienone is 2. The second kappa shape index (κ2) is 9.94. The fraction of sp³-hybridized carbons (Fsp3) is 0.480. The van der Waals surface area contributed by atoms with Crippen LogP contribution in [0.4, 0.5) is 5.82 Å². The van der Waals surface area contributed by atoms with Crippen molar-refractivity contribution in [2.24, 2.45) is 0 Å². The summed E-state index contributed by atoms with van der Waals surface area (Å²) in [6, 6.07) is 7.70. The summed E-state index contributed by atoms with van der Waals surface area (Å²) in [6.45, 7) is 3.25. The minimum atomic E-state index is -0.404. The van der Waals surface area contributed by atoms with Gasteiger partial charge in [0, 0.05) is 6.54 Å². The molecule has 0 bridgehead atoms. The Morgan fingerprint density at radius 2 is 1.94 bits per heavy atom. The van der Waals surface area contributed by atoms with E-state index < -0.39 is 5.97 Å². The van der Waals surface area contributed by atoms with Crippen LogP contribution in [0.2, 0.25) is 0 Å². The van der Waals surface area contributed by atoms with E-state index in [1.807, 2.05) is 28.8 Å². The van der Waals surface area contributed by atoms with Crippen molar-refractivity contribution in [3.8, 4) is 0 Å². The van der Waals surface area contributed by atoms with Crippen molar-refractivity contribution in [2.45, 2.75) is 71.3 Å². The number of fused-ring (bicyclic) bond motifs is 2. The summed E-state index contributed by atoms with van der Waals surface area (Å²) >= 11 is 0. The van der Waals surface area contributed by atoms with Gasteiger partial charge in [0.05, 0.1) is 17.6 Å². The highest BCUT2D eigenvalue weighted by Crippen LogP contribution is 2.30. The summed E-state index contributed by atoms with van der Waals surface area (Å²) in [5.41, 5.74) is 11.1. The average Bonchev–Trinajstić information content (AvgIpc) is 3.06. The van der Waals surface area contributed by atoms with Crippen molar-refractivity contribution in [2.75, 3.05) is 12.3 Å². The number of nitrogens with zero attached hydrogens (tertiary/aromatic N) is 3. The number of anilines is 1. The number of nitrogens with two attached hydrogens (primary N) is 1. The summed E-state index contributed by atoms with van der Waals surface area (Å²) in [5.74, 6) is -0.000477. The SMILES string of the molecule is CCCCCCOC(=O)c1c(N)n(CCC2=CCCCC2)c2nc3ccccc3nc12. The molecule has 1 aliphatic rings. The molecule has 2 aromatic heterocycles. The first-order valence-electron chi connectivity index (χ1n) is 11.6. The molecule has 0 radical (unpaired) electrons. The number of aromatic nitrogens is 3. The van der Waals surface area contributed by atoms with Crippen molar-refractivity contribution in [3.05, 3.63) is 41.5 Å². The fourth-order valence-electron chi connectivity index (χ4n) is 4.30. The lowest BCUT2D eigenvalue weighted by molar-refractivity contribution is 0.0501. The lowest BCUT2D eigenvalue weighted by Gasteiger charge is -2.14. The molecule has 0 fully saturated rings. The predicted octanol–water partition coefficient (Wildman–Crippen LogP) is 5.79. The minimum absolute atomic E-state index is 0.348. The second-order valence-corrected chi connectivity index (χ2v) is 8.35. The summed E-state index contributed by atoms with van der Waals surface area (Å²) in [6.07, 6.45) is 12.3. The number of aryl methyl sites for hydroxylation is 1. The van der Waals surface area contributed by atoms with Gasteiger partial charge in [-0.2, -0.15) is 0 Å². The van der Waals surface area contributed by atoms with Crippen molar-refractivity contribution >= 4 is 34.0 Å². The van der Waals surface area contributed by atoms with E-state index in [0.29, 0.717) is 35.7 Å². The maximum atomic E-state index is 13.0. The maximum Gasteiger partial charge on any atom is 0.344 e. The molecule has 6 heteroatoms. The van der Waals surface area contributed by atoms with E-state index in [2.05, 4.69) is 13.0 Å². The van der Waals surface area contributed by atoms with Crippen molar-refractivity contribution in [1.82, 2.24) is 14.5 Å². The molecule has 1 aromatic carbocycles. The first kappa shape index (κ1) is 21.3. The van der Waals surface area contributed by atoms with Crippen LogP contribution in [0.25, 0.3) is 22.2 Å². The quantitative estimate of drug-likeness (QED) is 0.269. The van der Waals surface area contributed by atoms with Crippen LogP contribution in [-0.2, 0) is 11.3 Å². The minimum Gasteiger partial charge on any atom is -0.462 e. The average molecular weight is 421 g/mol. The molecule has 4 rings (SSSR count). The molecule has 31 heavy (non-hydrogen) atoms. The molecule has 0 atom stereocenters. The zero-order valence-electron chi connectivity index (χ0n) is 18.4. The van der Waals surface area contributed by atoms with Gasteiger partial charge in [0.15, 0.2) is 5.65 Å². The zero-order chi connectivity index (χ0) is 21.6. The lowest BCUT2D eigenvalue weighted by atomic mass is 9.97. The Bertz CT molecular complexity index is 1100. The van der Waals surface area contributed by atoms with E-state index in [-0.39, 0.29) is 0 Å². The van der Waals surface area contributed by atoms with Crippen LogP contribution in [0.3, 0.4) is 0 Å². The highest BCUT2D eigenvalue weighted by atomic mass is 16.5. The van der Waals surface area contributed by atoms with Crippen molar-refractivity contribution < 1.29 is 9.53 Å². The van der Waals surface area contributed by atoms with Gasteiger partial charge < -0.3 is 15.0 Å². The Hall–Kier alpha value is -2.89. The Balaban J connectivity index is 1.66. The molecular formula is C25H32N4O2. The molecule has 0 spiro atoms. The molecule has 164 valence electrons. The Kier molecular flexibility index (Phi) is 6.85. The molecule has 0 saturated heterocycles. The first-order chi connectivity index (χ1) is 15.2. The van der Waals surface area contributed by atoms with Gasteiger partial charge in [0.2, 0.25) is 0 Å². The summed E-state index contributed by atoms with van der Waals surface area (Å²) < 4.78 is 7.51. The molecule has 2 N–H and O–H groups in total. The van der Waals surface area contributed by atoms with Crippen molar-refractivity contribution in [3.63, 3.8) is 0 Å². The Morgan fingerprint density at radius 1 is 1.13 bits per heavy atom. The third-order valence-corrected chi connectivity index (χ3v) is 6.07. The second-order valence-electron chi connectivity index (χ2n) is 8.35. The van der Waals surface area contributed by atoms with Gasteiger partial charge in [-0.1, -0.05) is 50.0 Å². The number of nitrogen functional groups attached to an aromatic ring is 1. The summed E-state index contributed by atoms with van der Waals surface area (Å²) in [7, 11) is 0. The van der Waals surface area contributed by atoms with Crippen LogP contribution in [0.1, 0.15) is 75.1 Å². The van der Waals surface area contributed by atoms with Gasteiger partial charge in [-0.05, 0) is 50.7 Å². The molecule has 0 amide bonds. The number of benzene rings is 1. The highest BCUT2D eigenvalue weighted by molar-refractivity contribution is 6.08. The number of hydrogen-bond acceptors (Lipinski definition) is 5. The number of unbranched alkanes of at least 4 members (excludes halogenated alkanes) is 3. The van der Waals surface area contributed by atoms with E-state index in [9.17, 15) is 4.79 Å².